The summed E-state index contributed by atoms with van der Waals surface area (Å²) in [5.41, 5.74) is 5.99. The molecule has 0 heterocycles. The van der Waals surface area contributed by atoms with Gasteiger partial charge in [-0.15, -0.1) is 0 Å². The number of aryl methyl sites for hydroxylation is 2. The van der Waals surface area contributed by atoms with Crippen LogP contribution in [0.4, 0.5) is 0 Å². The van der Waals surface area contributed by atoms with Gasteiger partial charge in [0.05, 0.1) is 25.3 Å². The van der Waals surface area contributed by atoms with Crippen LogP contribution in [-0.2, 0) is 17.6 Å². The predicted molar refractivity (Wildman–Crippen MR) is 188 cm³/mol. The number of benzene rings is 3. The smallest absolute Gasteiger partial charge is 0.187 e. The summed E-state index contributed by atoms with van der Waals surface area (Å²) >= 11 is 0. The zero-order valence-electron chi connectivity index (χ0n) is 27.6. The number of ketones is 1. The first kappa shape index (κ1) is 34.1. The molecule has 0 aromatic heterocycles. The summed E-state index contributed by atoms with van der Waals surface area (Å²) in [5.74, 6) is 1.95. The number of fused-ring (bicyclic) bond motifs is 1. The number of unbranched alkanes of at least 4 members (excludes halogenated alkanes) is 6. The minimum absolute atomic E-state index is 0.0678. The lowest BCUT2D eigenvalue weighted by Crippen LogP contribution is -2.28. The zero-order valence-corrected chi connectivity index (χ0v) is 27.6. The van der Waals surface area contributed by atoms with E-state index in [1.807, 2.05) is 18.2 Å². The number of ether oxygens (including phenoxy) is 2. The van der Waals surface area contributed by atoms with Crippen LogP contribution in [0.2, 0.25) is 0 Å². The maximum absolute atomic E-state index is 13.2. The molecule has 4 rings (SSSR count). The van der Waals surface area contributed by atoms with E-state index in [1.165, 1.54) is 49.7 Å². The molecule has 5 nitrogen and oxygen atoms in total. The Morgan fingerprint density at radius 1 is 0.578 bits per heavy atom. The molecular formula is C40H52N2O3. The topological polar surface area (TPSA) is 60.2 Å². The van der Waals surface area contributed by atoms with Gasteiger partial charge in [-0.3, -0.25) is 14.8 Å². The molecule has 0 atom stereocenters. The lowest BCUT2D eigenvalue weighted by Gasteiger charge is -2.19. The van der Waals surface area contributed by atoms with E-state index in [4.69, 9.17) is 19.5 Å². The van der Waals surface area contributed by atoms with Crippen molar-refractivity contribution in [3.05, 3.63) is 95.1 Å². The molecule has 1 aliphatic carbocycles. The highest BCUT2D eigenvalue weighted by atomic mass is 16.5. The molecule has 0 N–H and O–H groups in total. The minimum atomic E-state index is 0.0678. The van der Waals surface area contributed by atoms with Crippen molar-refractivity contribution in [3.63, 3.8) is 0 Å². The Labute approximate surface area is 271 Å². The first-order valence-corrected chi connectivity index (χ1v) is 17.3. The number of nitrogens with zero attached hydrogens (tertiary/aromatic N) is 2. The lowest BCUT2D eigenvalue weighted by molar-refractivity contribution is -0.111. The monoisotopic (exact) mass is 608 g/mol. The van der Waals surface area contributed by atoms with Gasteiger partial charge in [-0.2, -0.15) is 0 Å². The van der Waals surface area contributed by atoms with E-state index in [-0.39, 0.29) is 5.78 Å². The maximum Gasteiger partial charge on any atom is 0.187 e. The van der Waals surface area contributed by atoms with Gasteiger partial charge in [-0.1, -0.05) is 101 Å². The van der Waals surface area contributed by atoms with Gasteiger partial charge in [-0.05, 0) is 73.9 Å². The van der Waals surface area contributed by atoms with E-state index in [1.54, 1.807) is 0 Å². The van der Waals surface area contributed by atoms with Crippen LogP contribution in [0.3, 0.4) is 0 Å². The van der Waals surface area contributed by atoms with Crippen LogP contribution >= 0.6 is 0 Å². The van der Waals surface area contributed by atoms with E-state index >= 15 is 0 Å². The quantitative estimate of drug-likeness (QED) is 0.120. The first-order valence-electron chi connectivity index (χ1n) is 17.3. The van der Waals surface area contributed by atoms with Gasteiger partial charge >= 0.3 is 0 Å². The van der Waals surface area contributed by atoms with Crippen LogP contribution in [0.15, 0.2) is 82.8 Å². The molecule has 0 aliphatic heterocycles. The fourth-order valence-corrected chi connectivity index (χ4v) is 5.65. The number of aliphatic imine (C=N–C) groups is 2. The Hall–Kier alpha value is -3.73. The largest absolute Gasteiger partial charge is 0.494 e. The average Bonchev–Trinajstić information content (AvgIpc) is 3.07. The summed E-state index contributed by atoms with van der Waals surface area (Å²) in [7, 11) is 0. The molecule has 5 heteroatoms. The molecule has 3 aromatic carbocycles. The number of hydrogen-bond acceptors (Lipinski definition) is 5. The van der Waals surface area contributed by atoms with Crippen molar-refractivity contribution in [2.24, 2.45) is 9.98 Å². The van der Waals surface area contributed by atoms with Gasteiger partial charge in [0.1, 0.15) is 17.2 Å². The molecule has 45 heavy (non-hydrogen) atoms. The molecule has 1 aliphatic rings. The van der Waals surface area contributed by atoms with Crippen LogP contribution in [0.5, 0.6) is 11.5 Å². The summed E-state index contributed by atoms with van der Waals surface area (Å²) in [6.45, 7) is 7.33. The molecule has 0 unspecified atom stereocenters. The van der Waals surface area contributed by atoms with Crippen molar-refractivity contribution in [3.8, 4) is 11.5 Å². The number of carbonyl (C=O) groups excluding carboxylic acids is 1. The van der Waals surface area contributed by atoms with Gasteiger partial charge in [-0.25, -0.2) is 0 Å². The molecule has 0 fully saturated rings. The zero-order chi connectivity index (χ0) is 31.5. The van der Waals surface area contributed by atoms with E-state index in [9.17, 15) is 4.79 Å². The Bertz CT molecular complexity index is 1360. The van der Waals surface area contributed by atoms with Gasteiger partial charge in [0, 0.05) is 24.2 Å². The molecule has 0 amide bonds. The molecule has 3 aromatic rings. The normalized spacial score (nSPS) is 14.6. The maximum atomic E-state index is 13.2. The minimum Gasteiger partial charge on any atom is -0.494 e. The molecule has 0 radical (unpaired) electrons. The Balaban J connectivity index is 1.23. The summed E-state index contributed by atoms with van der Waals surface area (Å²) in [6.07, 6.45) is 13.7. The van der Waals surface area contributed by atoms with Crippen LogP contribution in [-0.4, -0.2) is 43.5 Å². The number of carbonyl (C=O) groups is 1. The van der Waals surface area contributed by atoms with E-state index in [0.29, 0.717) is 25.2 Å². The van der Waals surface area contributed by atoms with Crippen LogP contribution < -0.4 is 9.47 Å². The van der Waals surface area contributed by atoms with Gasteiger partial charge in [0.15, 0.2) is 5.78 Å². The third-order valence-corrected chi connectivity index (χ3v) is 8.28. The second-order valence-corrected chi connectivity index (χ2v) is 12.0. The summed E-state index contributed by atoms with van der Waals surface area (Å²) in [5, 5.41) is 0. The van der Waals surface area contributed by atoms with E-state index in [0.717, 1.165) is 80.1 Å². The third-order valence-electron chi connectivity index (χ3n) is 8.28. The lowest BCUT2D eigenvalue weighted by atomic mass is 9.87. The van der Waals surface area contributed by atoms with Crippen molar-refractivity contribution in [1.29, 1.82) is 0 Å². The molecule has 0 bridgehead atoms. The second kappa shape index (κ2) is 19.6. The summed E-state index contributed by atoms with van der Waals surface area (Å²) in [4.78, 5) is 22.9. The van der Waals surface area contributed by atoms with E-state index < -0.39 is 0 Å². The third kappa shape index (κ3) is 11.6. The number of Topliss-reactive ketones (excluding diaryl/α,β-unsaturated/α-hetero) is 1. The average molecular weight is 609 g/mol. The Kier molecular flexibility index (Phi) is 14.9. The first-order chi connectivity index (χ1) is 22.2. The highest BCUT2D eigenvalue weighted by Crippen LogP contribution is 2.22. The van der Waals surface area contributed by atoms with Crippen molar-refractivity contribution >= 4 is 17.2 Å². The van der Waals surface area contributed by atoms with Crippen molar-refractivity contribution in [2.45, 2.75) is 97.3 Å². The molecule has 0 saturated carbocycles. The molecular weight excluding hydrogens is 556 g/mol. The van der Waals surface area contributed by atoms with Gasteiger partial charge in [0.2, 0.25) is 0 Å². The number of hydrogen-bond donors (Lipinski definition) is 0. The van der Waals surface area contributed by atoms with Crippen LogP contribution in [0.1, 0.15) is 107 Å². The van der Waals surface area contributed by atoms with E-state index in [2.05, 4.69) is 68.4 Å². The molecule has 0 saturated heterocycles. The SMILES string of the molecule is CCCCCCOc1ccc(CCCN=C2CC(=O)C(=NCCCc3ccc(OCCCCCC)cc3)c3ccccc32)cc1. The number of rotatable bonds is 20. The fourth-order valence-electron chi connectivity index (χ4n) is 5.65. The Morgan fingerprint density at radius 2 is 1.09 bits per heavy atom. The van der Waals surface area contributed by atoms with Crippen molar-refractivity contribution in [2.75, 3.05) is 26.3 Å². The van der Waals surface area contributed by atoms with Gasteiger partial charge in [0.25, 0.3) is 0 Å². The second-order valence-electron chi connectivity index (χ2n) is 12.0. The van der Waals surface area contributed by atoms with Gasteiger partial charge < -0.3 is 9.47 Å². The van der Waals surface area contributed by atoms with Crippen LogP contribution in [0.25, 0.3) is 0 Å². The fraction of sp³-hybridized carbons (Fsp3) is 0.475. The summed E-state index contributed by atoms with van der Waals surface area (Å²) < 4.78 is 11.7. The molecule has 240 valence electrons. The molecule has 0 spiro atoms. The standard InChI is InChI=1S/C40H52N2O3/c1-3-5-7-11-29-44-34-23-19-32(20-24-34)15-13-27-41-38-31-39(43)40(37-18-10-9-17-36(37)38)42-28-14-16-33-21-25-35(26-22-33)45-30-12-8-6-4-2/h9-10,17-26H,3-8,11-16,27-31H2,1-2H3. The van der Waals surface area contributed by atoms with Crippen LogP contribution in [0, 0.1) is 0 Å². The van der Waals surface area contributed by atoms with Crippen molar-refractivity contribution in [1.82, 2.24) is 0 Å². The highest BCUT2D eigenvalue weighted by Gasteiger charge is 2.27. The predicted octanol–water partition coefficient (Wildman–Crippen LogP) is 9.42. The highest BCUT2D eigenvalue weighted by molar-refractivity contribution is 6.53. The summed E-state index contributed by atoms with van der Waals surface area (Å²) in [6, 6.07) is 24.9. The van der Waals surface area contributed by atoms with Crippen molar-refractivity contribution < 1.29 is 14.3 Å². The Morgan fingerprint density at radius 3 is 1.62 bits per heavy atom.